The van der Waals surface area contributed by atoms with Crippen molar-refractivity contribution in [2.45, 2.75) is 32.0 Å². The second-order valence-corrected chi connectivity index (χ2v) is 9.89. The Morgan fingerprint density at radius 1 is 0.917 bits per heavy atom. The zero-order chi connectivity index (χ0) is 24.4. The highest BCUT2D eigenvalue weighted by molar-refractivity contribution is 6.23. The summed E-state index contributed by atoms with van der Waals surface area (Å²) in [4.78, 5) is 27.2. The van der Waals surface area contributed by atoms with Gasteiger partial charge in [-0.3, -0.25) is 9.59 Å². The number of rotatable bonds is 4. The first-order chi connectivity index (χ1) is 17.6. The number of nitrogens with zero attached hydrogens (tertiary/aromatic N) is 1. The summed E-state index contributed by atoms with van der Waals surface area (Å²) in [5, 5.41) is 14.0. The van der Waals surface area contributed by atoms with Crippen LogP contribution in [-0.4, -0.2) is 22.8 Å². The third-order valence-electron chi connectivity index (χ3n) is 7.74. The highest BCUT2D eigenvalue weighted by atomic mass is 16.2. The molecule has 1 atom stereocenters. The molecular formula is C31H25N3O2. The molecule has 2 heterocycles. The maximum atomic E-state index is 13.0. The first-order valence-corrected chi connectivity index (χ1v) is 12.4. The van der Waals surface area contributed by atoms with Crippen molar-refractivity contribution >= 4 is 49.8 Å². The summed E-state index contributed by atoms with van der Waals surface area (Å²) in [6.07, 6.45) is 1.31. The Hall–Kier alpha value is -4.38. The largest absolute Gasteiger partial charge is 0.381 e. The van der Waals surface area contributed by atoms with E-state index >= 15 is 0 Å². The zero-order valence-electron chi connectivity index (χ0n) is 19.8. The van der Waals surface area contributed by atoms with Crippen LogP contribution in [0, 0.1) is 0 Å². The second kappa shape index (κ2) is 7.82. The van der Waals surface area contributed by atoms with Gasteiger partial charge >= 0.3 is 0 Å². The molecule has 2 aliphatic heterocycles. The minimum absolute atomic E-state index is 0.0732. The van der Waals surface area contributed by atoms with Crippen LogP contribution in [0.25, 0.3) is 32.3 Å². The van der Waals surface area contributed by atoms with Gasteiger partial charge < -0.3 is 15.5 Å². The van der Waals surface area contributed by atoms with Gasteiger partial charge in [0.25, 0.3) is 5.91 Å². The summed E-state index contributed by atoms with van der Waals surface area (Å²) in [6.45, 7) is 4.97. The molecule has 0 aliphatic carbocycles. The molecule has 1 fully saturated rings. The van der Waals surface area contributed by atoms with Crippen LogP contribution in [-0.2, 0) is 17.9 Å². The van der Waals surface area contributed by atoms with Crippen molar-refractivity contribution in [3.8, 4) is 0 Å². The van der Waals surface area contributed by atoms with E-state index in [1.807, 2.05) is 18.2 Å². The Bertz CT molecular complexity index is 1700. The van der Waals surface area contributed by atoms with Gasteiger partial charge in [-0.15, -0.1) is 0 Å². The van der Waals surface area contributed by atoms with E-state index < -0.39 is 6.04 Å². The Morgan fingerprint density at radius 3 is 2.47 bits per heavy atom. The molecule has 5 heteroatoms. The summed E-state index contributed by atoms with van der Waals surface area (Å²) in [7, 11) is 0. The summed E-state index contributed by atoms with van der Waals surface area (Å²) in [5.74, 6) is -0.212. The maximum absolute atomic E-state index is 13.0. The van der Waals surface area contributed by atoms with E-state index in [1.54, 1.807) is 4.90 Å². The van der Waals surface area contributed by atoms with Crippen LogP contribution in [0.15, 0.2) is 85.1 Å². The lowest BCUT2D eigenvalue weighted by Gasteiger charge is -2.30. The predicted octanol–water partition coefficient (Wildman–Crippen LogP) is 5.94. The average molecular weight is 472 g/mol. The first kappa shape index (κ1) is 20.9. The van der Waals surface area contributed by atoms with Crippen LogP contribution >= 0.6 is 0 Å². The summed E-state index contributed by atoms with van der Waals surface area (Å²) in [5.41, 5.74) is 4.56. The predicted molar refractivity (Wildman–Crippen MR) is 144 cm³/mol. The van der Waals surface area contributed by atoms with Gasteiger partial charge in [0.1, 0.15) is 6.04 Å². The van der Waals surface area contributed by atoms with Gasteiger partial charge in [0.05, 0.1) is 0 Å². The summed E-state index contributed by atoms with van der Waals surface area (Å²) in [6, 6.07) is 25.1. The minimum Gasteiger partial charge on any atom is -0.381 e. The van der Waals surface area contributed by atoms with Gasteiger partial charge in [0.2, 0.25) is 5.91 Å². The fourth-order valence-corrected chi connectivity index (χ4v) is 5.91. The standard InChI is InChI=1S/C31H25N3O2/c1-18-5-14-27(30(35)33-18)34-17-23-15-24(11-13-26(23)31(34)36)32-16-22-9-8-21-7-6-19-3-2-4-20-10-12-25(22)29(21)28(19)20/h2-4,6-13,15,27,32H,1,5,14,16-17H2,(H,33,35). The minimum atomic E-state index is -0.441. The lowest BCUT2D eigenvalue weighted by Crippen LogP contribution is -2.49. The van der Waals surface area contributed by atoms with E-state index in [0.29, 0.717) is 31.5 Å². The van der Waals surface area contributed by atoms with Gasteiger partial charge in [-0.25, -0.2) is 0 Å². The smallest absolute Gasteiger partial charge is 0.255 e. The molecule has 1 saturated heterocycles. The highest BCUT2D eigenvalue weighted by Crippen LogP contribution is 2.36. The van der Waals surface area contributed by atoms with Crippen molar-refractivity contribution in [2.24, 2.45) is 0 Å². The molecule has 5 aromatic rings. The molecule has 36 heavy (non-hydrogen) atoms. The Labute approximate surface area is 208 Å². The Kier molecular flexibility index (Phi) is 4.55. The average Bonchev–Trinajstić information content (AvgIpc) is 3.21. The van der Waals surface area contributed by atoms with E-state index in [0.717, 1.165) is 16.9 Å². The second-order valence-electron chi connectivity index (χ2n) is 9.89. The fraction of sp³-hybridized carbons (Fsp3) is 0.161. The third-order valence-corrected chi connectivity index (χ3v) is 7.74. The Balaban J connectivity index is 1.16. The monoisotopic (exact) mass is 471 g/mol. The fourth-order valence-electron chi connectivity index (χ4n) is 5.91. The number of anilines is 1. The van der Waals surface area contributed by atoms with Crippen molar-refractivity contribution in [3.05, 3.63) is 102 Å². The lowest BCUT2D eigenvalue weighted by molar-refractivity contribution is -0.126. The molecule has 1 unspecified atom stereocenters. The van der Waals surface area contributed by atoms with E-state index in [1.165, 1.54) is 37.9 Å². The molecule has 2 aliphatic rings. The van der Waals surface area contributed by atoms with Gasteiger partial charge in [-0.05, 0) is 74.5 Å². The molecule has 176 valence electrons. The number of amides is 2. The van der Waals surface area contributed by atoms with Crippen LogP contribution in [0.2, 0.25) is 0 Å². The maximum Gasteiger partial charge on any atom is 0.255 e. The van der Waals surface area contributed by atoms with Gasteiger partial charge in [0, 0.05) is 30.0 Å². The molecule has 7 rings (SSSR count). The number of allylic oxidation sites excluding steroid dienone is 1. The summed E-state index contributed by atoms with van der Waals surface area (Å²) < 4.78 is 0. The van der Waals surface area contributed by atoms with Crippen molar-refractivity contribution < 1.29 is 9.59 Å². The number of nitrogens with one attached hydrogen (secondary N) is 2. The lowest BCUT2D eigenvalue weighted by atomic mass is 9.92. The van der Waals surface area contributed by atoms with Gasteiger partial charge in [-0.2, -0.15) is 0 Å². The first-order valence-electron chi connectivity index (χ1n) is 12.4. The number of benzene rings is 5. The molecule has 2 amide bonds. The molecule has 2 N–H and O–H groups in total. The molecule has 0 bridgehead atoms. The SMILES string of the molecule is C=C1CCC(N2Cc3cc(NCc4ccc5ccc6cccc7ccc4c5c67)ccc3C2=O)C(=O)N1. The van der Waals surface area contributed by atoms with Crippen LogP contribution in [0.1, 0.15) is 34.3 Å². The number of hydrogen-bond donors (Lipinski definition) is 2. The number of carbonyl (C=O) groups excluding carboxylic acids is 2. The normalized spacial score (nSPS) is 17.8. The molecule has 0 aromatic heterocycles. The molecule has 0 saturated carbocycles. The van der Waals surface area contributed by atoms with Gasteiger partial charge in [-0.1, -0.05) is 61.2 Å². The van der Waals surface area contributed by atoms with Crippen LogP contribution in [0.5, 0.6) is 0 Å². The molecule has 5 aromatic carbocycles. The number of fused-ring (bicyclic) bond motifs is 1. The van der Waals surface area contributed by atoms with Crippen LogP contribution in [0.3, 0.4) is 0 Å². The van der Waals surface area contributed by atoms with Crippen LogP contribution in [0.4, 0.5) is 5.69 Å². The van der Waals surface area contributed by atoms with E-state index in [4.69, 9.17) is 0 Å². The molecule has 0 radical (unpaired) electrons. The van der Waals surface area contributed by atoms with Crippen molar-refractivity contribution in [2.75, 3.05) is 5.32 Å². The number of piperidine rings is 1. The van der Waals surface area contributed by atoms with Crippen LogP contribution < -0.4 is 10.6 Å². The van der Waals surface area contributed by atoms with Crippen molar-refractivity contribution in [3.63, 3.8) is 0 Å². The molecule has 5 nitrogen and oxygen atoms in total. The van der Waals surface area contributed by atoms with E-state index in [-0.39, 0.29) is 11.8 Å². The van der Waals surface area contributed by atoms with Crippen molar-refractivity contribution in [1.29, 1.82) is 0 Å². The summed E-state index contributed by atoms with van der Waals surface area (Å²) >= 11 is 0. The molecule has 0 spiro atoms. The van der Waals surface area contributed by atoms with E-state index in [9.17, 15) is 9.59 Å². The molecular weight excluding hydrogens is 446 g/mol. The van der Waals surface area contributed by atoms with Gasteiger partial charge in [0.15, 0.2) is 0 Å². The quantitative estimate of drug-likeness (QED) is 0.319. The Morgan fingerprint density at radius 2 is 1.67 bits per heavy atom. The zero-order valence-corrected chi connectivity index (χ0v) is 19.8. The third kappa shape index (κ3) is 3.16. The topological polar surface area (TPSA) is 61.4 Å². The van der Waals surface area contributed by atoms with Crippen molar-refractivity contribution in [1.82, 2.24) is 10.2 Å². The van der Waals surface area contributed by atoms with E-state index in [2.05, 4.69) is 71.8 Å². The number of carbonyl (C=O) groups is 2. The number of hydrogen-bond acceptors (Lipinski definition) is 3. The highest BCUT2D eigenvalue weighted by Gasteiger charge is 2.38.